The molecule has 0 bridgehead atoms. The van der Waals surface area contributed by atoms with Crippen LogP contribution in [0.4, 0.5) is 13.2 Å². The highest BCUT2D eigenvalue weighted by Gasteiger charge is 2.41. The van der Waals surface area contributed by atoms with Crippen LogP contribution in [0.15, 0.2) is 28.7 Å². The van der Waals surface area contributed by atoms with Crippen LogP contribution in [0.5, 0.6) is 0 Å². The van der Waals surface area contributed by atoms with Crippen LogP contribution >= 0.6 is 15.9 Å². The highest BCUT2D eigenvalue weighted by Crippen LogP contribution is 2.35. The first-order valence-corrected chi connectivity index (χ1v) is 9.19. The van der Waals surface area contributed by atoms with Crippen molar-refractivity contribution in [2.24, 2.45) is 11.8 Å². The lowest BCUT2D eigenvalue weighted by Crippen LogP contribution is -2.39. The molecule has 0 aliphatic heterocycles. The summed E-state index contributed by atoms with van der Waals surface area (Å²) in [5.41, 5.74) is 0.107. The number of nitrogens with one attached hydrogen (secondary N) is 1. The second-order valence-electron chi connectivity index (χ2n) is 6.46. The lowest BCUT2D eigenvalue weighted by molar-refractivity contribution is -0.152. The molecule has 0 heterocycles. The standard InChI is InChI=1S/C18H21BrF3NO3/c1-26-17(25)13-4-2-12(3-5-13)16(24)23-10-15(18(20,21)22)11-6-8-14(19)9-7-11/h6-9,12-13,15H,2-5,10H2,1H3,(H,23,24)/t12?,13?,15-/m1/s1. The predicted molar refractivity (Wildman–Crippen MR) is 93.4 cm³/mol. The summed E-state index contributed by atoms with van der Waals surface area (Å²) in [6.45, 7) is -0.499. The quantitative estimate of drug-likeness (QED) is 0.705. The molecule has 144 valence electrons. The molecule has 1 atom stereocenters. The summed E-state index contributed by atoms with van der Waals surface area (Å²) in [5.74, 6) is -3.04. The smallest absolute Gasteiger partial charge is 0.397 e. The third kappa shape index (κ3) is 5.46. The first-order chi connectivity index (χ1) is 12.2. The van der Waals surface area contributed by atoms with Gasteiger partial charge in [0, 0.05) is 16.9 Å². The molecule has 1 aromatic rings. The first-order valence-electron chi connectivity index (χ1n) is 8.40. The fourth-order valence-electron chi connectivity index (χ4n) is 3.22. The fraction of sp³-hybridized carbons (Fsp3) is 0.556. The Morgan fingerprint density at radius 2 is 1.69 bits per heavy atom. The molecule has 1 fully saturated rings. The zero-order valence-corrected chi connectivity index (χ0v) is 15.9. The number of ether oxygens (including phenoxy) is 1. The molecule has 0 saturated heterocycles. The Balaban J connectivity index is 1.93. The second kappa shape index (κ2) is 8.88. The van der Waals surface area contributed by atoms with Gasteiger partial charge in [-0.2, -0.15) is 13.2 Å². The highest BCUT2D eigenvalue weighted by molar-refractivity contribution is 9.10. The molecule has 0 aromatic heterocycles. The van der Waals surface area contributed by atoms with Crippen molar-refractivity contribution in [3.05, 3.63) is 34.3 Å². The topological polar surface area (TPSA) is 55.4 Å². The molecule has 8 heteroatoms. The van der Waals surface area contributed by atoms with Gasteiger partial charge in [0.2, 0.25) is 5.91 Å². The van der Waals surface area contributed by atoms with Crippen molar-refractivity contribution in [2.45, 2.75) is 37.8 Å². The summed E-state index contributed by atoms with van der Waals surface area (Å²) in [7, 11) is 1.32. The summed E-state index contributed by atoms with van der Waals surface area (Å²) in [6.07, 6.45) is -2.48. The van der Waals surface area contributed by atoms with Crippen molar-refractivity contribution in [2.75, 3.05) is 13.7 Å². The Morgan fingerprint density at radius 1 is 1.15 bits per heavy atom. The summed E-state index contributed by atoms with van der Waals surface area (Å²) >= 11 is 3.20. The van der Waals surface area contributed by atoms with Crippen LogP contribution in [0.1, 0.15) is 37.2 Å². The number of hydrogen-bond acceptors (Lipinski definition) is 3. The minimum atomic E-state index is -4.45. The third-order valence-corrected chi connectivity index (χ3v) is 5.31. The SMILES string of the molecule is COC(=O)C1CCC(C(=O)NC[C@H](c2ccc(Br)cc2)C(F)(F)F)CC1. The van der Waals surface area contributed by atoms with Crippen molar-refractivity contribution < 1.29 is 27.5 Å². The number of halogens is 4. The maximum Gasteiger partial charge on any atom is 0.397 e. The second-order valence-corrected chi connectivity index (χ2v) is 7.38. The van der Waals surface area contributed by atoms with Gasteiger partial charge in [-0.3, -0.25) is 9.59 Å². The number of hydrogen-bond donors (Lipinski definition) is 1. The van der Waals surface area contributed by atoms with E-state index in [-0.39, 0.29) is 29.3 Å². The molecule has 1 aliphatic rings. The molecule has 2 rings (SSSR count). The first kappa shape index (κ1) is 20.7. The number of carbonyl (C=O) groups excluding carboxylic acids is 2. The summed E-state index contributed by atoms with van der Waals surface area (Å²) in [4.78, 5) is 23.8. The Morgan fingerprint density at radius 3 is 2.19 bits per heavy atom. The Kier molecular flexibility index (Phi) is 7.08. The van der Waals surface area contributed by atoms with Gasteiger partial charge >= 0.3 is 12.1 Å². The molecular formula is C18H21BrF3NO3. The maximum absolute atomic E-state index is 13.4. The van der Waals surface area contributed by atoms with Crippen LogP contribution in [0.25, 0.3) is 0 Å². The zero-order chi connectivity index (χ0) is 19.3. The van der Waals surface area contributed by atoms with E-state index in [0.29, 0.717) is 30.2 Å². The van der Waals surface area contributed by atoms with Crippen LogP contribution in [-0.2, 0) is 14.3 Å². The molecule has 0 radical (unpaired) electrons. The lowest BCUT2D eigenvalue weighted by Gasteiger charge is -2.27. The fourth-order valence-corrected chi connectivity index (χ4v) is 3.49. The predicted octanol–water partition coefficient (Wildman–Crippen LogP) is 4.19. The van der Waals surface area contributed by atoms with Crippen molar-refractivity contribution in [3.63, 3.8) is 0 Å². The summed E-state index contributed by atoms with van der Waals surface area (Å²) in [5, 5.41) is 2.44. The average Bonchev–Trinajstić information content (AvgIpc) is 2.61. The minimum Gasteiger partial charge on any atom is -0.469 e. The van der Waals surface area contributed by atoms with Crippen molar-refractivity contribution in [1.29, 1.82) is 0 Å². The number of amides is 1. The molecule has 1 N–H and O–H groups in total. The third-order valence-electron chi connectivity index (χ3n) is 4.78. The van der Waals surface area contributed by atoms with Gasteiger partial charge < -0.3 is 10.1 Å². The van der Waals surface area contributed by atoms with E-state index in [0.717, 1.165) is 0 Å². The van der Waals surface area contributed by atoms with Crippen molar-refractivity contribution in [3.8, 4) is 0 Å². The van der Waals surface area contributed by atoms with Crippen LogP contribution in [-0.4, -0.2) is 31.7 Å². The monoisotopic (exact) mass is 435 g/mol. The minimum absolute atomic E-state index is 0.107. The maximum atomic E-state index is 13.4. The van der Waals surface area contributed by atoms with Gasteiger partial charge in [0.15, 0.2) is 0 Å². The Hall–Kier alpha value is -1.57. The van der Waals surface area contributed by atoms with Crippen LogP contribution in [0, 0.1) is 11.8 Å². The van der Waals surface area contributed by atoms with E-state index < -0.39 is 18.6 Å². The number of alkyl halides is 3. The van der Waals surface area contributed by atoms with Gasteiger partial charge in [0.1, 0.15) is 0 Å². The van der Waals surface area contributed by atoms with E-state index in [1.165, 1.54) is 19.2 Å². The van der Waals surface area contributed by atoms with Crippen molar-refractivity contribution in [1.82, 2.24) is 5.32 Å². The number of esters is 1. The largest absolute Gasteiger partial charge is 0.469 e. The van der Waals surface area contributed by atoms with E-state index in [4.69, 9.17) is 4.74 Å². The number of benzene rings is 1. The van der Waals surface area contributed by atoms with Crippen molar-refractivity contribution >= 4 is 27.8 Å². The van der Waals surface area contributed by atoms with E-state index in [9.17, 15) is 22.8 Å². The van der Waals surface area contributed by atoms with E-state index in [2.05, 4.69) is 21.2 Å². The molecule has 4 nitrogen and oxygen atoms in total. The van der Waals surface area contributed by atoms with E-state index >= 15 is 0 Å². The Labute approximate surface area is 158 Å². The molecule has 0 unspecified atom stereocenters. The Bertz CT molecular complexity index is 626. The van der Waals surface area contributed by atoms with Gasteiger partial charge in [-0.15, -0.1) is 0 Å². The zero-order valence-electron chi connectivity index (χ0n) is 14.3. The number of rotatable bonds is 5. The molecular weight excluding hydrogens is 415 g/mol. The molecule has 26 heavy (non-hydrogen) atoms. The summed E-state index contributed by atoms with van der Waals surface area (Å²) in [6, 6.07) is 5.89. The average molecular weight is 436 g/mol. The van der Waals surface area contributed by atoms with E-state index in [1.807, 2.05) is 0 Å². The number of carbonyl (C=O) groups is 2. The molecule has 1 aromatic carbocycles. The van der Waals surface area contributed by atoms with Gasteiger partial charge in [0.05, 0.1) is 18.9 Å². The van der Waals surface area contributed by atoms with Crippen LogP contribution in [0.2, 0.25) is 0 Å². The molecule has 0 spiro atoms. The normalized spacial score (nSPS) is 21.7. The summed E-state index contributed by atoms with van der Waals surface area (Å²) < 4.78 is 45.5. The highest BCUT2D eigenvalue weighted by atomic mass is 79.9. The number of methoxy groups -OCH3 is 1. The molecule has 1 aliphatic carbocycles. The van der Waals surface area contributed by atoms with Gasteiger partial charge in [-0.1, -0.05) is 28.1 Å². The van der Waals surface area contributed by atoms with Gasteiger partial charge in [-0.25, -0.2) is 0 Å². The van der Waals surface area contributed by atoms with Crippen LogP contribution in [0.3, 0.4) is 0 Å². The molecule has 1 amide bonds. The van der Waals surface area contributed by atoms with Gasteiger partial charge in [-0.05, 0) is 43.4 Å². The lowest BCUT2D eigenvalue weighted by atomic mass is 9.81. The van der Waals surface area contributed by atoms with Crippen LogP contribution < -0.4 is 5.32 Å². The molecule has 1 saturated carbocycles. The van der Waals surface area contributed by atoms with Gasteiger partial charge in [0.25, 0.3) is 0 Å². The van der Waals surface area contributed by atoms with E-state index in [1.54, 1.807) is 12.1 Å².